The maximum atomic E-state index is 4.48. The van der Waals surface area contributed by atoms with Crippen molar-refractivity contribution in [3.8, 4) is 10.4 Å². The standard InChI is InChI=1S/C25H28N4S/c1-15-12-21-17(3)28-29-25(22(21)13-16(15)2)27-18(4)23-10-11-24(30-23)20-9-7-6-8-19(20)14-26-5/h6-13,18,26H,14H2,1-5H3,(H,27,29). The van der Waals surface area contributed by atoms with Gasteiger partial charge in [-0.15, -0.1) is 16.4 Å². The Morgan fingerprint density at radius 3 is 2.43 bits per heavy atom. The smallest absolute Gasteiger partial charge is 0.157 e. The highest BCUT2D eigenvalue weighted by Gasteiger charge is 2.15. The first-order chi connectivity index (χ1) is 14.5. The fourth-order valence-corrected chi connectivity index (χ4v) is 4.83. The van der Waals surface area contributed by atoms with Crippen LogP contribution in [0, 0.1) is 20.8 Å². The van der Waals surface area contributed by atoms with Gasteiger partial charge in [0.1, 0.15) is 0 Å². The summed E-state index contributed by atoms with van der Waals surface area (Å²) in [6, 6.07) is 17.6. The summed E-state index contributed by atoms with van der Waals surface area (Å²) in [5.41, 5.74) is 6.12. The second-order valence-corrected chi connectivity index (χ2v) is 8.99. The summed E-state index contributed by atoms with van der Waals surface area (Å²) in [4.78, 5) is 2.57. The molecule has 154 valence electrons. The molecule has 0 saturated heterocycles. The van der Waals surface area contributed by atoms with Gasteiger partial charge in [-0.25, -0.2) is 0 Å². The molecule has 0 aliphatic carbocycles. The van der Waals surface area contributed by atoms with E-state index in [2.05, 4.69) is 90.1 Å². The predicted molar refractivity (Wildman–Crippen MR) is 128 cm³/mol. The normalized spacial score (nSPS) is 12.3. The molecule has 2 heterocycles. The first kappa shape index (κ1) is 20.5. The molecule has 2 aromatic heterocycles. The number of aromatic nitrogens is 2. The van der Waals surface area contributed by atoms with Crippen molar-refractivity contribution in [1.29, 1.82) is 0 Å². The van der Waals surface area contributed by atoms with Gasteiger partial charge in [-0.1, -0.05) is 24.3 Å². The third-order valence-electron chi connectivity index (χ3n) is 5.64. The number of rotatable bonds is 6. The topological polar surface area (TPSA) is 49.8 Å². The fourth-order valence-electron chi connectivity index (χ4n) is 3.76. The van der Waals surface area contributed by atoms with Crippen LogP contribution in [0.4, 0.5) is 5.82 Å². The van der Waals surface area contributed by atoms with Crippen molar-refractivity contribution in [1.82, 2.24) is 15.5 Å². The van der Waals surface area contributed by atoms with Crippen LogP contribution in [0.15, 0.2) is 48.5 Å². The summed E-state index contributed by atoms with van der Waals surface area (Å²) >= 11 is 1.83. The lowest BCUT2D eigenvalue weighted by Crippen LogP contribution is -2.08. The number of hydrogen-bond donors (Lipinski definition) is 2. The molecule has 30 heavy (non-hydrogen) atoms. The van der Waals surface area contributed by atoms with E-state index >= 15 is 0 Å². The van der Waals surface area contributed by atoms with Gasteiger partial charge in [0, 0.05) is 27.1 Å². The Bertz CT molecular complexity index is 1200. The van der Waals surface area contributed by atoms with Crippen LogP contribution in [0.5, 0.6) is 0 Å². The predicted octanol–water partition coefficient (Wildman–Crippen LogP) is 6.18. The van der Waals surface area contributed by atoms with Crippen LogP contribution in [0.3, 0.4) is 0 Å². The largest absolute Gasteiger partial charge is 0.361 e. The van der Waals surface area contributed by atoms with E-state index in [0.29, 0.717) is 0 Å². The molecular weight excluding hydrogens is 388 g/mol. The lowest BCUT2D eigenvalue weighted by Gasteiger charge is -2.16. The molecule has 2 aromatic carbocycles. The number of benzene rings is 2. The van der Waals surface area contributed by atoms with Crippen molar-refractivity contribution >= 4 is 27.9 Å². The molecule has 0 saturated carbocycles. The van der Waals surface area contributed by atoms with Gasteiger partial charge >= 0.3 is 0 Å². The molecule has 5 heteroatoms. The molecule has 0 fully saturated rings. The highest BCUT2D eigenvalue weighted by Crippen LogP contribution is 2.35. The average molecular weight is 417 g/mol. The van der Waals surface area contributed by atoms with Crippen molar-refractivity contribution in [3.05, 3.63) is 75.8 Å². The van der Waals surface area contributed by atoms with Crippen LogP contribution in [-0.2, 0) is 6.54 Å². The van der Waals surface area contributed by atoms with Crippen LogP contribution in [-0.4, -0.2) is 17.2 Å². The molecule has 0 amide bonds. The molecule has 2 N–H and O–H groups in total. The molecule has 0 radical (unpaired) electrons. The summed E-state index contributed by atoms with van der Waals surface area (Å²) in [7, 11) is 1.98. The van der Waals surface area contributed by atoms with E-state index in [0.717, 1.165) is 28.8 Å². The third-order valence-corrected chi connectivity index (χ3v) is 6.94. The van der Waals surface area contributed by atoms with Gasteiger partial charge in [0.25, 0.3) is 0 Å². The van der Waals surface area contributed by atoms with Gasteiger partial charge in [-0.2, -0.15) is 5.10 Å². The monoisotopic (exact) mass is 416 g/mol. The van der Waals surface area contributed by atoms with Crippen molar-refractivity contribution in [2.24, 2.45) is 0 Å². The maximum absolute atomic E-state index is 4.48. The number of anilines is 1. The molecule has 4 nitrogen and oxygen atoms in total. The molecule has 0 aliphatic heterocycles. The van der Waals surface area contributed by atoms with E-state index in [1.165, 1.54) is 32.0 Å². The fraction of sp³-hybridized carbons (Fsp3) is 0.280. The lowest BCUT2D eigenvalue weighted by molar-refractivity contribution is 0.820. The van der Waals surface area contributed by atoms with Crippen LogP contribution in [0.2, 0.25) is 0 Å². The lowest BCUT2D eigenvalue weighted by atomic mass is 10.0. The van der Waals surface area contributed by atoms with E-state index in [9.17, 15) is 0 Å². The van der Waals surface area contributed by atoms with E-state index in [1.54, 1.807) is 0 Å². The van der Waals surface area contributed by atoms with Crippen molar-refractivity contribution in [2.45, 2.75) is 40.3 Å². The van der Waals surface area contributed by atoms with Crippen LogP contribution < -0.4 is 10.6 Å². The minimum absolute atomic E-state index is 0.141. The summed E-state index contributed by atoms with van der Waals surface area (Å²) in [6.07, 6.45) is 0. The molecule has 4 rings (SSSR count). The van der Waals surface area contributed by atoms with Crippen LogP contribution in [0.1, 0.15) is 40.2 Å². The molecule has 0 spiro atoms. The van der Waals surface area contributed by atoms with Gasteiger partial charge in [-0.05, 0) is 81.3 Å². The van der Waals surface area contributed by atoms with Gasteiger partial charge < -0.3 is 10.6 Å². The zero-order valence-electron chi connectivity index (χ0n) is 18.2. The molecule has 1 atom stereocenters. The molecule has 0 bridgehead atoms. The Kier molecular flexibility index (Phi) is 5.84. The molecular formula is C25H28N4S. The Labute approximate surface area is 182 Å². The summed E-state index contributed by atoms with van der Waals surface area (Å²) in [5.74, 6) is 0.844. The Morgan fingerprint density at radius 1 is 0.933 bits per heavy atom. The Morgan fingerprint density at radius 2 is 1.67 bits per heavy atom. The van der Waals surface area contributed by atoms with Crippen molar-refractivity contribution in [3.63, 3.8) is 0 Å². The SMILES string of the molecule is CNCc1ccccc1-c1ccc(C(C)Nc2nnc(C)c3cc(C)c(C)cc23)s1. The maximum Gasteiger partial charge on any atom is 0.157 e. The van der Waals surface area contributed by atoms with Gasteiger partial charge in [-0.3, -0.25) is 0 Å². The van der Waals surface area contributed by atoms with Crippen molar-refractivity contribution < 1.29 is 0 Å². The first-order valence-electron chi connectivity index (χ1n) is 10.3. The Balaban J connectivity index is 1.64. The first-order valence-corrected chi connectivity index (χ1v) is 11.1. The van der Waals surface area contributed by atoms with Crippen LogP contribution in [0.25, 0.3) is 21.2 Å². The van der Waals surface area contributed by atoms with Gasteiger partial charge in [0.15, 0.2) is 5.82 Å². The van der Waals surface area contributed by atoms with E-state index in [4.69, 9.17) is 0 Å². The summed E-state index contributed by atoms with van der Waals surface area (Å²) in [5, 5.41) is 18.0. The van der Waals surface area contributed by atoms with Crippen LogP contribution >= 0.6 is 11.3 Å². The second kappa shape index (κ2) is 8.54. The third kappa shape index (κ3) is 3.95. The minimum Gasteiger partial charge on any atom is -0.361 e. The molecule has 4 aromatic rings. The average Bonchev–Trinajstić information content (AvgIpc) is 3.22. The van der Waals surface area contributed by atoms with Gasteiger partial charge in [0.05, 0.1) is 11.7 Å². The van der Waals surface area contributed by atoms with E-state index < -0.39 is 0 Å². The minimum atomic E-state index is 0.141. The van der Waals surface area contributed by atoms with E-state index in [-0.39, 0.29) is 6.04 Å². The number of nitrogens with one attached hydrogen (secondary N) is 2. The summed E-state index contributed by atoms with van der Waals surface area (Å²) in [6.45, 7) is 9.35. The summed E-state index contributed by atoms with van der Waals surface area (Å²) < 4.78 is 0. The number of thiophene rings is 1. The highest BCUT2D eigenvalue weighted by atomic mass is 32.1. The quantitative estimate of drug-likeness (QED) is 0.394. The Hall–Kier alpha value is -2.76. The zero-order valence-corrected chi connectivity index (χ0v) is 19.0. The second-order valence-electron chi connectivity index (χ2n) is 7.87. The zero-order chi connectivity index (χ0) is 21.3. The number of fused-ring (bicyclic) bond motifs is 1. The number of nitrogens with zero attached hydrogens (tertiary/aromatic N) is 2. The molecule has 1 unspecified atom stereocenters. The number of hydrogen-bond acceptors (Lipinski definition) is 5. The van der Waals surface area contributed by atoms with E-state index in [1.807, 2.05) is 25.3 Å². The van der Waals surface area contributed by atoms with Gasteiger partial charge in [0.2, 0.25) is 0 Å². The molecule has 0 aliphatic rings. The highest BCUT2D eigenvalue weighted by molar-refractivity contribution is 7.15. The number of aryl methyl sites for hydroxylation is 3. The van der Waals surface area contributed by atoms with Crippen molar-refractivity contribution in [2.75, 3.05) is 12.4 Å².